The number of likely N-dealkylation sites (tertiary alicyclic amines) is 1. The minimum absolute atomic E-state index is 0.0262. The smallest absolute Gasteiger partial charge is 0.249 e. The van der Waals surface area contributed by atoms with E-state index >= 15 is 0 Å². The highest BCUT2D eigenvalue weighted by Crippen LogP contribution is 2.59. The molecule has 8 nitrogen and oxygen atoms in total. The molecule has 6 atom stereocenters. The molecule has 1 N–H and O–H groups in total. The van der Waals surface area contributed by atoms with Gasteiger partial charge in [0.05, 0.1) is 30.1 Å². The zero-order valence-corrected chi connectivity index (χ0v) is 25.4. The van der Waals surface area contributed by atoms with Crippen LogP contribution in [0.15, 0.2) is 24.3 Å². The molecule has 218 valence electrons. The summed E-state index contributed by atoms with van der Waals surface area (Å²) in [6.45, 7) is 17.3. The van der Waals surface area contributed by atoms with Crippen molar-refractivity contribution in [2.75, 3.05) is 26.7 Å². The Labute approximate surface area is 234 Å². The van der Waals surface area contributed by atoms with Crippen molar-refractivity contribution >= 4 is 17.7 Å². The van der Waals surface area contributed by atoms with Crippen LogP contribution in [0.3, 0.4) is 0 Å². The average Bonchev–Trinajstić information content (AvgIpc) is 3.12. The van der Waals surface area contributed by atoms with Crippen molar-refractivity contribution in [3.8, 4) is 0 Å². The zero-order valence-electron chi connectivity index (χ0n) is 25.4. The molecule has 4 aliphatic rings. The molecular weight excluding hydrogens is 494 g/mol. The van der Waals surface area contributed by atoms with E-state index in [1.165, 1.54) is 0 Å². The summed E-state index contributed by atoms with van der Waals surface area (Å²) in [4.78, 5) is 48.4. The van der Waals surface area contributed by atoms with Crippen molar-refractivity contribution in [3.05, 3.63) is 24.3 Å². The minimum Gasteiger partial charge on any atom is -0.394 e. The number of aliphatic hydroxyl groups is 1. The zero-order chi connectivity index (χ0) is 29.1. The Bertz CT molecular complexity index is 1060. The highest BCUT2D eigenvalue weighted by atomic mass is 16.5. The summed E-state index contributed by atoms with van der Waals surface area (Å²) in [5.74, 6) is -2.01. The molecule has 8 heteroatoms. The number of hydrogen-bond donors (Lipinski definition) is 1. The lowest BCUT2D eigenvalue weighted by Gasteiger charge is -2.46. The number of ether oxygens (including phenoxy) is 1. The first kappa shape index (κ1) is 29.8. The van der Waals surface area contributed by atoms with Gasteiger partial charge < -0.3 is 24.5 Å². The molecule has 4 heterocycles. The predicted molar refractivity (Wildman–Crippen MR) is 151 cm³/mol. The molecule has 3 amide bonds. The summed E-state index contributed by atoms with van der Waals surface area (Å²) in [6, 6.07) is -1.52. The number of carbonyl (C=O) groups excluding carboxylic acids is 3. The molecule has 0 aromatic rings. The number of hydrogen-bond acceptors (Lipinski definition) is 5. The van der Waals surface area contributed by atoms with Gasteiger partial charge in [0.15, 0.2) is 0 Å². The third kappa shape index (κ3) is 4.75. The van der Waals surface area contributed by atoms with Gasteiger partial charge in [0.1, 0.15) is 11.6 Å². The lowest BCUT2D eigenvalue weighted by molar-refractivity contribution is -0.160. The lowest BCUT2D eigenvalue weighted by Crippen LogP contribution is -2.62. The van der Waals surface area contributed by atoms with Crippen LogP contribution in [-0.4, -0.2) is 93.1 Å². The number of rotatable bonds is 7. The average molecular weight is 544 g/mol. The molecule has 1 unspecified atom stereocenters. The van der Waals surface area contributed by atoms with E-state index in [0.29, 0.717) is 25.9 Å². The molecular formula is C31H49N3O5. The number of fused-ring (bicyclic) bond motifs is 2. The Hall–Kier alpha value is -2.19. The van der Waals surface area contributed by atoms with Gasteiger partial charge in [0, 0.05) is 25.7 Å². The van der Waals surface area contributed by atoms with Crippen LogP contribution >= 0.6 is 0 Å². The second-order valence-corrected chi connectivity index (χ2v) is 14.4. The first-order chi connectivity index (χ1) is 18.0. The number of carbonyl (C=O) groups is 3. The van der Waals surface area contributed by atoms with Crippen molar-refractivity contribution in [1.82, 2.24) is 14.7 Å². The van der Waals surface area contributed by atoms with E-state index in [2.05, 4.69) is 34.6 Å². The standard InChI is InChI=1S/C31H49N3O5/c1-10-30-13-11-15-32(9)25(36)22(30)23-26(37)34(21(18-35)17-20(2)3)24-27(38)33(16-12-14-31(23,24)39-30)29(7,8)19-28(4,5)6/h11-14,20-24,35H,10,15-19H2,1-9H3/t21-,22+,23+,24?,30-,31+/m1/s1. The molecule has 4 aliphatic heterocycles. The Morgan fingerprint density at radius 2 is 1.64 bits per heavy atom. The van der Waals surface area contributed by atoms with E-state index in [0.717, 1.165) is 6.42 Å². The van der Waals surface area contributed by atoms with Gasteiger partial charge in [-0.1, -0.05) is 65.8 Å². The molecule has 1 spiro atoms. The van der Waals surface area contributed by atoms with Crippen LogP contribution in [-0.2, 0) is 19.1 Å². The Morgan fingerprint density at radius 1 is 1.00 bits per heavy atom. The Morgan fingerprint density at radius 3 is 2.21 bits per heavy atom. The van der Waals surface area contributed by atoms with Gasteiger partial charge in [-0.25, -0.2) is 0 Å². The normalized spacial score (nSPS) is 33.9. The third-order valence-corrected chi connectivity index (χ3v) is 9.12. The highest BCUT2D eigenvalue weighted by molar-refractivity contribution is 6.00. The second-order valence-electron chi connectivity index (χ2n) is 14.4. The first-order valence-corrected chi connectivity index (χ1v) is 14.6. The van der Waals surface area contributed by atoms with Crippen LogP contribution in [0.25, 0.3) is 0 Å². The lowest BCUT2D eigenvalue weighted by atomic mass is 9.73. The first-order valence-electron chi connectivity index (χ1n) is 14.6. The molecule has 0 aliphatic carbocycles. The molecule has 0 bridgehead atoms. The van der Waals surface area contributed by atoms with E-state index in [4.69, 9.17) is 4.74 Å². The van der Waals surface area contributed by atoms with Gasteiger partial charge in [-0.3, -0.25) is 14.4 Å². The molecule has 0 radical (unpaired) electrons. The van der Waals surface area contributed by atoms with Crippen LogP contribution in [0.4, 0.5) is 0 Å². The number of likely N-dealkylation sites (N-methyl/N-ethyl adjacent to an activating group) is 1. The summed E-state index contributed by atoms with van der Waals surface area (Å²) < 4.78 is 7.02. The molecule has 0 aromatic heterocycles. The molecule has 0 aromatic carbocycles. The van der Waals surface area contributed by atoms with Crippen LogP contribution in [0.5, 0.6) is 0 Å². The monoisotopic (exact) mass is 543 g/mol. The van der Waals surface area contributed by atoms with Crippen molar-refractivity contribution in [1.29, 1.82) is 0 Å². The van der Waals surface area contributed by atoms with Crippen molar-refractivity contribution < 1.29 is 24.2 Å². The Kier molecular flexibility index (Phi) is 7.65. The van der Waals surface area contributed by atoms with E-state index in [9.17, 15) is 19.5 Å². The summed E-state index contributed by atoms with van der Waals surface area (Å²) in [7, 11) is 1.75. The van der Waals surface area contributed by atoms with Crippen LogP contribution in [0.1, 0.15) is 74.7 Å². The fourth-order valence-corrected chi connectivity index (χ4v) is 7.97. The molecule has 4 rings (SSSR count). The molecule has 0 saturated carbocycles. The summed E-state index contributed by atoms with van der Waals surface area (Å²) >= 11 is 0. The van der Waals surface area contributed by atoms with E-state index in [-0.39, 0.29) is 35.7 Å². The maximum Gasteiger partial charge on any atom is 0.249 e. The maximum atomic E-state index is 14.8. The minimum atomic E-state index is -1.30. The molecule has 39 heavy (non-hydrogen) atoms. The summed E-state index contributed by atoms with van der Waals surface area (Å²) in [5.41, 5.74) is -2.81. The third-order valence-electron chi connectivity index (χ3n) is 9.12. The van der Waals surface area contributed by atoms with E-state index < -0.39 is 40.7 Å². The molecule has 2 fully saturated rings. The summed E-state index contributed by atoms with van der Waals surface area (Å²) in [6.07, 6.45) is 9.55. The van der Waals surface area contributed by atoms with E-state index in [1.807, 2.05) is 50.0 Å². The molecule has 2 saturated heterocycles. The SMILES string of the molecule is CC[C@@]12C=CCN(C)C(=O)[C@@H]1[C@H]1C(=O)N([C@@H](CO)CC(C)C)C3C(=O)N(C(C)(C)CC(C)(C)C)CC=C[C@@]31O2. The topological polar surface area (TPSA) is 90.4 Å². The highest BCUT2D eigenvalue weighted by Gasteiger charge is 2.76. The van der Waals surface area contributed by atoms with E-state index in [1.54, 1.807) is 16.8 Å². The number of nitrogens with zero attached hydrogens (tertiary/aromatic N) is 3. The summed E-state index contributed by atoms with van der Waals surface area (Å²) in [5, 5.41) is 10.5. The van der Waals surface area contributed by atoms with Crippen LogP contribution in [0, 0.1) is 23.2 Å². The van der Waals surface area contributed by atoms with Gasteiger partial charge in [0.25, 0.3) is 0 Å². The maximum absolute atomic E-state index is 14.8. The van der Waals surface area contributed by atoms with Crippen molar-refractivity contribution in [3.63, 3.8) is 0 Å². The Balaban J connectivity index is 1.92. The number of aliphatic hydroxyl groups excluding tert-OH is 1. The van der Waals surface area contributed by atoms with Gasteiger partial charge in [-0.2, -0.15) is 0 Å². The van der Waals surface area contributed by atoms with Crippen LogP contribution in [0.2, 0.25) is 0 Å². The fraction of sp³-hybridized carbons (Fsp3) is 0.774. The quantitative estimate of drug-likeness (QED) is 0.497. The van der Waals surface area contributed by atoms with Crippen LogP contribution < -0.4 is 0 Å². The van der Waals surface area contributed by atoms with Gasteiger partial charge in [0.2, 0.25) is 17.7 Å². The second kappa shape index (κ2) is 10.0. The van der Waals surface area contributed by atoms with Gasteiger partial charge in [-0.05, 0) is 44.4 Å². The fourth-order valence-electron chi connectivity index (χ4n) is 7.97. The predicted octanol–water partition coefficient (Wildman–Crippen LogP) is 3.40. The van der Waals surface area contributed by atoms with Gasteiger partial charge in [-0.15, -0.1) is 0 Å². The number of amides is 3. The van der Waals surface area contributed by atoms with Crippen molar-refractivity contribution in [2.24, 2.45) is 23.2 Å². The van der Waals surface area contributed by atoms with Crippen molar-refractivity contribution in [2.45, 2.75) is 103 Å². The largest absolute Gasteiger partial charge is 0.394 e. The van der Waals surface area contributed by atoms with Gasteiger partial charge >= 0.3 is 0 Å².